The molecule has 0 atom stereocenters. The van der Waals surface area contributed by atoms with Gasteiger partial charge < -0.3 is 10.2 Å². The van der Waals surface area contributed by atoms with E-state index >= 15 is 0 Å². The fourth-order valence-electron chi connectivity index (χ4n) is 3.54. The number of amides is 1. The van der Waals surface area contributed by atoms with Gasteiger partial charge in [-0.1, -0.05) is 24.3 Å². The Kier molecular flexibility index (Phi) is 6.32. The van der Waals surface area contributed by atoms with Crippen molar-refractivity contribution in [2.24, 2.45) is 5.92 Å². The van der Waals surface area contributed by atoms with Crippen molar-refractivity contribution in [3.63, 3.8) is 0 Å². The zero-order valence-corrected chi connectivity index (χ0v) is 17.2. The molecular weight excluding hydrogens is 406 g/mol. The first kappa shape index (κ1) is 20.4. The molecule has 2 heterocycles. The summed E-state index contributed by atoms with van der Waals surface area (Å²) in [5.41, 5.74) is 1.06. The largest absolute Gasteiger partial charge is 0.352 e. The molecule has 1 amide bonds. The molecule has 0 unspecified atom stereocenters. The number of carbonyl (C=O) groups is 1. The molecule has 8 heteroatoms. The molecule has 156 valence electrons. The van der Waals surface area contributed by atoms with Gasteiger partial charge in [0.05, 0.1) is 5.56 Å². The highest BCUT2D eigenvalue weighted by Gasteiger charge is 2.23. The Labute approximate surface area is 177 Å². The van der Waals surface area contributed by atoms with Crippen molar-refractivity contribution in [1.82, 2.24) is 14.7 Å². The van der Waals surface area contributed by atoms with Gasteiger partial charge in [0.1, 0.15) is 17.5 Å². The van der Waals surface area contributed by atoms with Crippen LogP contribution in [-0.4, -0.2) is 34.9 Å². The fraction of sp³-hybridized carbons (Fsp3) is 0.318. The van der Waals surface area contributed by atoms with Gasteiger partial charge in [-0.05, 0) is 48.6 Å². The Morgan fingerprint density at radius 2 is 1.83 bits per heavy atom. The summed E-state index contributed by atoms with van der Waals surface area (Å²) in [7, 11) is 0. The lowest BCUT2D eigenvalue weighted by Crippen LogP contribution is -2.38. The van der Waals surface area contributed by atoms with Gasteiger partial charge in [-0.25, -0.2) is 13.8 Å². The SMILES string of the molecule is O=C(NCC1CCN(c2nc(Cc3ccc(F)cc3)ns2)CC1)c1ccccc1F. The minimum absolute atomic E-state index is 0.0810. The Balaban J connectivity index is 1.25. The monoisotopic (exact) mass is 428 g/mol. The molecule has 5 nitrogen and oxygen atoms in total. The zero-order valence-electron chi connectivity index (χ0n) is 16.4. The van der Waals surface area contributed by atoms with Crippen LogP contribution in [0.4, 0.5) is 13.9 Å². The number of piperidine rings is 1. The number of benzene rings is 2. The van der Waals surface area contributed by atoms with E-state index in [0.717, 1.165) is 42.5 Å². The molecular formula is C22H22F2N4OS. The molecule has 1 aliphatic heterocycles. The summed E-state index contributed by atoms with van der Waals surface area (Å²) in [5, 5.41) is 3.74. The standard InChI is InChI=1S/C22H22F2N4OS/c23-17-7-5-15(6-8-17)13-20-26-22(30-27-20)28-11-9-16(10-12-28)14-25-21(29)18-3-1-2-4-19(18)24/h1-8,16H,9-14H2,(H,25,29). The highest BCUT2D eigenvalue weighted by atomic mass is 32.1. The lowest BCUT2D eigenvalue weighted by atomic mass is 9.97. The molecule has 0 saturated carbocycles. The summed E-state index contributed by atoms with van der Waals surface area (Å²) in [6.07, 6.45) is 2.42. The van der Waals surface area contributed by atoms with E-state index in [0.29, 0.717) is 18.9 Å². The zero-order chi connectivity index (χ0) is 20.9. The Bertz CT molecular complexity index is 1000. The van der Waals surface area contributed by atoms with E-state index in [1.165, 1.54) is 35.8 Å². The predicted molar refractivity (Wildman–Crippen MR) is 113 cm³/mol. The van der Waals surface area contributed by atoms with Crippen molar-refractivity contribution >= 4 is 22.6 Å². The van der Waals surface area contributed by atoms with Crippen LogP contribution in [0.5, 0.6) is 0 Å². The maximum Gasteiger partial charge on any atom is 0.254 e. The van der Waals surface area contributed by atoms with E-state index in [1.54, 1.807) is 24.3 Å². The highest BCUT2D eigenvalue weighted by molar-refractivity contribution is 7.09. The summed E-state index contributed by atoms with van der Waals surface area (Å²) in [4.78, 5) is 19.0. The van der Waals surface area contributed by atoms with Crippen LogP contribution in [0.25, 0.3) is 0 Å². The summed E-state index contributed by atoms with van der Waals surface area (Å²) < 4.78 is 31.2. The Morgan fingerprint density at radius 1 is 1.10 bits per heavy atom. The van der Waals surface area contributed by atoms with Crippen LogP contribution in [0.3, 0.4) is 0 Å². The molecule has 1 N–H and O–H groups in total. The number of anilines is 1. The molecule has 1 aliphatic rings. The molecule has 3 aromatic rings. The first-order valence-corrected chi connectivity index (χ1v) is 10.7. The van der Waals surface area contributed by atoms with Gasteiger partial charge in [0.2, 0.25) is 5.13 Å². The molecule has 2 aromatic carbocycles. The maximum atomic E-state index is 13.7. The first-order valence-electron chi connectivity index (χ1n) is 9.93. The second-order valence-electron chi connectivity index (χ2n) is 7.42. The van der Waals surface area contributed by atoms with Crippen LogP contribution in [0.15, 0.2) is 48.5 Å². The Hall–Kier alpha value is -2.87. The van der Waals surface area contributed by atoms with Crippen LogP contribution >= 0.6 is 11.5 Å². The van der Waals surface area contributed by atoms with E-state index in [9.17, 15) is 13.6 Å². The molecule has 0 aliphatic carbocycles. The second kappa shape index (κ2) is 9.30. The van der Waals surface area contributed by atoms with E-state index < -0.39 is 5.82 Å². The van der Waals surface area contributed by atoms with Crippen molar-refractivity contribution in [2.75, 3.05) is 24.5 Å². The molecule has 1 aromatic heterocycles. The molecule has 4 rings (SSSR count). The third-order valence-electron chi connectivity index (χ3n) is 5.29. The number of rotatable bonds is 6. The molecule has 0 radical (unpaired) electrons. The first-order chi connectivity index (χ1) is 14.6. The average molecular weight is 429 g/mol. The number of hydrogen-bond acceptors (Lipinski definition) is 5. The van der Waals surface area contributed by atoms with Crippen LogP contribution in [-0.2, 0) is 6.42 Å². The van der Waals surface area contributed by atoms with E-state index in [4.69, 9.17) is 0 Å². The van der Waals surface area contributed by atoms with Gasteiger partial charge in [0.15, 0.2) is 0 Å². The lowest BCUT2D eigenvalue weighted by Gasteiger charge is -2.31. The molecule has 1 fully saturated rings. The number of nitrogens with one attached hydrogen (secondary N) is 1. The highest BCUT2D eigenvalue weighted by Crippen LogP contribution is 2.25. The van der Waals surface area contributed by atoms with Gasteiger partial charge >= 0.3 is 0 Å². The van der Waals surface area contributed by atoms with Crippen LogP contribution in [0.2, 0.25) is 0 Å². The summed E-state index contributed by atoms with van der Waals surface area (Å²) in [6.45, 7) is 2.21. The lowest BCUT2D eigenvalue weighted by molar-refractivity contribution is 0.0941. The number of carbonyl (C=O) groups excluding carboxylic acids is 1. The van der Waals surface area contributed by atoms with Crippen molar-refractivity contribution < 1.29 is 13.6 Å². The number of nitrogens with zero attached hydrogens (tertiary/aromatic N) is 3. The fourth-order valence-corrected chi connectivity index (χ4v) is 4.27. The van der Waals surface area contributed by atoms with Crippen molar-refractivity contribution in [1.29, 1.82) is 0 Å². The summed E-state index contributed by atoms with van der Waals surface area (Å²) >= 11 is 1.38. The topological polar surface area (TPSA) is 58.1 Å². The second-order valence-corrected chi connectivity index (χ2v) is 8.15. The minimum atomic E-state index is -0.502. The third kappa shape index (κ3) is 4.99. The predicted octanol–water partition coefficient (Wildman–Crippen LogP) is 4.05. The molecule has 0 bridgehead atoms. The summed E-state index contributed by atoms with van der Waals surface area (Å²) in [5.74, 6) is -0.0364. The molecule has 30 heavy (non-hydrogen) atoms. The normalized spacial score (nSPS) is 14.7. The molecule has 1 saturated heterocycles. The van der Waals surface area contributed by atoms with Gasteiger partial charge in [0.25, 0.3) is 5.91 Å². The Morgan fingerprint density at radius 3 is 2.57 bits per heavy atom. The van der Waals surface area contributed by atoms with Crippen LogP contribution in [0.1, 0.15) is 34.6 Å². The van der Waals surface area contributed by atoms with Gasteiger partial charge in [-0.2, -0.15) is 4.37 Å². The van der Waals surface area contributed by atoms with E-state index in [2.05, 4.69) is 19.6 Å². The average Bonchev–Trinajstić information content (AvgIpc) is 3.23. The number of aromatic nitrogens is 2. The van der Waals surface area contributed by atoms with Gasteiger partial charge in [0, 0.05) is 37.6 Å². The molecule has 0 spiro atoms. The van der Waals surface area contributed by atoms with Crippen LogP contribution < -0.4 is 10.2 Å². The maximum absolute atomic E-state index is 13.7. The van der Waals surface area contributed by atoms with Crippen LogP contribution in [0, 0.1) is 17.6 Å². The number of halogens is 2. The van der Waals surface area contributed by atoms with Crippen molar-refractivity contribution in [3.05, 3.63) is 77.1 Å². The van der Waals surface area contributed by atoms with Crippen molar-refractivity contribution in [2.45, 2.75) is 19.3 Å². The van der Waals surface area contributed by atoms with Gasteiger partial charge in [-0.3, -0.25) is 4.79 Å². The number of hydrogen-bond donors (Lipinski definition) is 1. The third-order valence-corrected chi connectivity index (χ3v) is 6.10. The van der Waals surface area contributed by atoms with E-state index in [1.807, 2.05) is 0 Å². The smallest absolute Gasteiger partial charge is 0.254 e. The summed E-state index contributed by atoms with van der Waals surface area (Å²) in [6, 6.07) is 12.4. The van der Waals surface area contributed by atoms with E-state index in [-0.39, 0.29) is 17.3 Å². The van der Waals surface area contributed by atoms with Crippen molar-refractivity contribution in [3.8, 4) is 0 Å². The minimum Gasteiger partial charge on any atom is -0.352 e. The quantitative estimate of drug-likeness (QED) is 0.644. The van der Waals surface area contributed by atoms with Gasteiger partial charge in [-0.15, -0.1) is 0 Å².